The van der Waals surface area contributed by atoms with E-state index in [0.29, 0.717) is 22.3 Å². The molecule has 202 valence electrons. The minimum atomic E-state index is -1.03. The number of hydrogen-bond acceptors (Lipinski definition) is 7. The number of nitrogens with one attached hydrogen (secondary N) is 2. The number of imidazole rings is 1. The van der Waals surface area contributed by atoms with E-state index in [1.54, 1.807) is 19.2 Å². The van der Waals surface area contributed by atoms with Gasteiger partial charge in [-0.3, -0.25) is 4.79 Å². The van der Waals surface area contributed by atoms with E-state index < -0.39 is 18.1 Å². The molecule has 2 aromatic heterocycles. The summed E-state index contributed by atoms with van der Waals surface area (Å²) in [6.45, 7) is 3.63. The monoisotopic (exact) mass is 537 g/mol. The molecule has 9 nitrogen and oxygen atoms in total. The summed E-state index contributed by atoms with van der Waals surface area (Å²) < 4.78 is 16.7. The zero-order valence-corrected chi connectivity index (χ0v) is 22.0. The van der Waals surface area contributed by atoms with Crippen LogP contribution in [0.5, 0.6) is 5.75 Å². The maximum absolute atomic E-state index is 13.3. The molecule has 5 aromatic rings. The number of rotatable bonds is 8. The molecular formula is C31H27N3O6. The van der Waals surface area contributed by atoms with Crippen LogP contribution in [0, 0.1) is 13.8 Å². The van der Waals surface area contributed by atoms with Crippen LogP contribution in [0.3, 0.4) is 0 Å². The number of aromatic amines is 1. The van der Waals surface area contributed by atoms with Crippen molar-refractivity contribution >= 4 is 23.0 Å². The summed E-state index contributed by atoms with van der Waals surface area (Å²) in [6.07, 6.45) is 2.40. The maximum atomic E-state index is 13.3. The highest BCUT2D eigenvalue weighted by molar-refractivity contribution is 5.87. The molecule has 1 unspecified atom stereocenters. The zero-order valence-electron chi connectivity index (χ0n) is 22.0. The van der Waals surface area contributed by atoms with Crippen molar-refractivity contribution in [1.29, 1.82) is 0 Å². The van der Waals surface area contributed by atoms with Gasteiger partial charge in [-0.15, -0.1) is 0 Å². The summed E-state index contributed by atoms with van der Waals surface area (Å²) >= 11 is 0. The summed E-state index contributed by atoms with van der Waals surface area (Å²) in [6, 6.07) is 20.5. The number of carbonyl (C=O) groups is 2. The maximum Gasteiger partial charge on any atom is 0.408 e. The Bertz CT molecular complexity index is 1710. The number of carbonyl (C=O) groups excluding carboxylic acids is 2. The van der Waals surface area contributed by atoms with Gasteiger partial charge in [0.05, 0.1) is 5.39 Å². The highest BCUT2D eigenvalue weighted by atomic mass is 16.6. The summed E-state index contributed by atoms with van der Waals surface area (Å²) in [5, 5.41) is 2.98. The third-order valence-electron chi connectivity index (χ3n) is 6.30. The molecule has 0 aliphatic carbocycles. The van der Waals surface area contributed by atoms with Crippen LogP contribution in [0.25, 0.3) is 22.4 Å². The van der Waals surface area contributed by atoms with Crippen molar-refractivity contribution in [3.05, 3.63) is 118 Å². The summed E-state index contributed by atoms with van der Waals surface area (Å²) in [5.74, 6) is -0.0985. The van der Waals surface area contributed by atoms with Crippen molar-refractivity contribution < 1.29 is 23.5 Å². The van der Waals surface area contributed by atoms with E-state index >= 15 is 0 Å². The van der Waals surface area contributed by atoms with E-state index in [-0.39, 0.29) is 29.8 Å². The number of amides is 1. The van der Waals surface area contributed by atoms with Crippen LogP contribution < -0.4 is 15.5 Å². The summed E-state index contributed by atoms with van der Waals surface area (Å²) in [5.41, 5.74) is 3.33. The average molecular weight is 538 g/mol. The van der Waals surface area contributed by atoms with Gasteiger partial charge in [-0.2, -0.15) is 0 Å². The Labute approximate surface area is 229 Å². The van der Waals surface area contributed by atoms with Gasteiger partial charge in [-0.1, -0.05) is 60.7 Å². The van der Waals surface area contributed by atoms with Crippen molar-refractivity contribution in [1.82, 2.24) is 15.3 Å². The number of nitrogens with zero attached hydrogens (tertiary/aromatic N) is 1. The largest absolute Gasteiger partial charge is 0.463 e. The van der Waals surface area contributed by atoms with Gasteiger partial charge in [0, 0.05) is 24.4 Å². The van der Waals surface area contributed by atoms with Gasteiger partial charge >= 0.3 is 12.1 Å². The van der Waals surface area contributed by atoms with Crippen molar-refractivity contribution in [3.63, 3.8) is 0 Å². The predicted octanol–water partition coefficient (Wildman–Crippen LogP) is 5.24. The van der Waals surface area contributed by atoms with Crippen LogP contribution in [0.1, 0.15) is 22.4 Å². The van der Waals surface area contributed by atoms with Gasteiger partial charge < -0.3 is 24.2 Å². The van der Waals surface area contributed by atoms with Crippen LogP contribution >= 0.6 is 0 Å². The second-order valence-electron chi connectivity index (χ2n) is 9.38. The predicted molar refractivity (Wildman–Crippen MR) is 149 cm³/mol. The molecular weight excluding hydrogens is 510 g/mol. The van der Waals surface area contributed by atoms with Crippen LogP contribution in [-0.4, -0.2) is 28.1 Å². The highest BCUT2D eigenvalue weighted by Gasteiger charge is 2.25. The molecule has 0 radical (unpaired) electrons. The lowest BCUT2D eigenvalue weighted by Crippen LogP contribution is -2.44. The first-order valence-electron chi connectivity index (χ1n) is 12.7. The van der Waals surface area contributed by atoms with Gasteiger partial charge in [0.1, 0.15) is 41.6 Å². The Hall–Kier alpha value is -5.18. The number of H-pyrrole nitrogens is 1. The van der Waals surface area contributed by atoms with Gasteiger partial charge in [0.2, 0.25) is 5.43 Å². The number of hydrogen-bond donors (Lipinski definition) is 2. The highest BCUT2D eigenvalue weighted by Crippen LogP contribution is 2.26. The topological polar surface area (TPSA) is 124 Å². The van der Waals surface area contributed by atoms with Crippen LogP contribution in [0.4, 0.5) is 4.79 Å². The molecule has 0 spiro atoms. The summed E-state index contributed by atoms with van der Waals surface area (Å²) in [4.78, 5) is 46.3. The van der Waals surface area contributed by atoms with Gasteiger partial charge in [0.25, 0.3) is 0 Å². The molecule has 0 aliphatic heterocycles. The van der Waals surface area contributed by atoms with Crippen LogP contribution in [0.2, 0.25) is 0 Å². The smallest absolute Gasteiger partial charge is 0.408 e. The number of benzene rings is 3. The molecule has 3 aromatic carbocycles. The fourth-order valence-electron chi connectivity index (χ4n) is 4.33. The fourth-order valence-corrected chi connectivity index (χ4v) is 4.33. The first-order valence-corrected chi connectivity index (χ1v) is 12.7. The third kappa shape index (κ3) is 6.10. The van der Waals surface area contributed by atoms with E-state index in [2.05, 4.69) is 15.3 Å². The third-order valence-corrected chi connectivity index (χ3v) is 6.30. The lowest BCUT2D eigenvalue weighted by molar-refractivity contribution is -0.136. The normalized spacial score (nSPS) is 11.7. The van der Waals surface area contributed by atoms with E-state index in [0.717, 1.165) is 16.8 Å². The fraction of sp³-hybridized carbons (Fsp3) is 0.161. The van der Waals surface area contributed by atoms with E-state index in [1.807, 2.05) is 67.6 Å². The van der Waals surface area contributed by atoms with Gasteiger partial charge in [0.15, 0.2) is 0 Å². The van der Waals surface area contributed by atoms with Crippen molar-refractivity contribution in [3.8, 4) is 17.1 Å². The number of aryl methyl sites for hydroxylation is 2. The Balaban J connectivity index is 1.36. The molecule has 2 N–H and O–H groups in total. The molecule has 0 aliphatic rings. The number of aromatic nitrogens is 2. The Morgan fingerprint density at radius 2 is 1.70 bits per heavy atom. The van der Waals surface area contributed by atoms with E-state index in [1.165, 1.54) is 12.3 Å². The molecule has 40 heavy (non-hydrogen) atoms. The first kappa shape index (κ1) is 26.4. The molecule has 2 heterocycles. The molecule has 1 amide bonds. The second kappa shape index (κ2) is 11.7. The SMILES string of the molecule is Cc1cnc(-c2coc3cc(OC(=O)C(Cc4ccccc4)NC(=O)OCc4ccccc4)cc(C)c3c2=O)[nH]1. The Morgan fingerprint density at radius 1 is 1.00 bits per heavy atom. The minimum absolute atomic E-state index is 0.0578. The standard InChI is InChI=1S/C31H27N3O6/c1-19-13-23(15-26-27(19)28(35)24(18-38-26)29-32-16-20(2)33-29)40-30(36)25(14-21-9-5-3-6-10-21)34-31(37)39-17-22-11-7-4-8-12-22/h3-13,15-16,18,25H,14,17H2,1-2H3,(H,32,33)(H,34,37). The van der Waals surface area contributed by atoms with Crippen LogP contribution in [0.15, 0.2) is 94.5 Å². The molecule has 0 saturated heterocycles. The van der Waals surface area contributed by atoms with Gasteiger partial charge in [-0.25, -0.2) is 14.6 Å². The average Bonchev–Trinajstić information content (AvgIpc) is 3.38. The molecule has 5 rings (SSSR count). The second-order valence-corrected chi connectivity index (χ2v) is 9.38. The number of esters is 1. The number of alkyl carbamates (subject to hydrolysis) is 1. The molecule has 0 saturated carbocycles. The van der Waals surface area contributed by atoms with Gasteiger partial charge in [-0.05, 0) is 36.6 Å². The molecule has 0 fully saturated rings. The lowest BCUT2D eigenvalue weighted by Gasteiger charge is -2.18. The van der Waals surface area contributed by atoms with Crippen molar-refractivity contribution in [2.45, 2.75) is 32.9 Å². The molecule has 0 bridgehead atoms. The minimum Gasteiger partial charge on any atom is -0.463 e. The lowest BCUT2D eigenvalue weighted by atomic mass is 10.1. The number of fused-ring (bicyclic) bond motifs is 1. The Morgan fingerprint density at radius 3 is 2.38 bits per heavy atom. The van der Waals surface area contributed by atoms with E-state index in [4.69, 9.17) is 13.9 Å². The summed E-state index contributed by atoms with van der Waals surface area (Å²) in [7, 11) is 0. The first-order chi connectivity index (χ1) is 19.4. The molecule has 9 heteroatoms. The Kier molecular flexibility index (Phi) is 7.72. The van der Waals surface area contributed by atoms with Crippen molar-refractivity contribution in [2.24, 2.45) is 0 Å². The van der Waals surface area contributed by atoms with Crippen LogP contribution in [-0.2, 0) is 22.6 Å². The quantitative estimate of drug-likeness (QED) is 0.205. The number of ether oxygens (including phenoxy) is 2. The van der Waals surface area contributed by atoms with E-state index in [9.17, 15) is 14.4 Å². The molecule has 1 atom stereocenters. The zero-order chi connectivity index (χ0) is 28.1. The van der Waals surface area contributed by atoms with Crippen molar-refractivity contribution in [2.75, 3.05) is 0 Å².